The van der Waals surface area contributed by atoms with Crippen LogP contribution in [0.1, 0.15) is 11.7 Å². The molecular formula is C18H19N3O2. The largest absolute Gasteiger partial charge is 0.367 e. The number of nitrogens with one attached hydrogen (secondary N) is 1. The van der Waals surface area contributed by atoms with Crippen molar-refractivity contribution in [2.24, 2.45) is 0 Å². The monoisotopic (exact) mass is 309 g/mol. The van der Waals surface area contributed by atoms with Crippen LogP contribution in [0.4, 0.5) is 0 Å². The number of amides is 1. The van der Waals surface area contributed by atoms with Crippen LogP contribution >= 0.6 is 0 Å². The molecule has 1 unspecified atom stereocenters. The van der Waals surface area contributed by atoms with Gasteiger partial charge in [0.15, 0.2) is 6.10 Å². The summed E-state index contributed by atoms with van der Waals surface area (Å²) in [5.41, 5.74) is 2.87. The molecule has 1 N–H and O–H groups in total. The molecule has 1 heterocycles. The number of para-hydroxylation sites is 2. The summed E-state index contributed by atoms with van der Waals surface area (Å²) in [5, 5.41) is 2.92. The molecule has 0 saturated carbocycles. The molecule has 5 heteroatoms. The van der Waals surface area contributed by atoms with Crippen molar-refractivity contribution in [2.75, 3.05) is 13.7 Å². The van der Waals surface area contributed by atoms with Crippen LogP contribution in [0.2, 0.25) is 0 Å². The van der Waals surface area contributed by atoms with E-state index in [2.05, 4.69) is 10.3 Å². The summed E-state index contributed by atoms with van der Waals surface area (Å²) in [7, 11) is 1.54. The molecule has 2 aromatic carbocycles. The quantitative estimate of drug-likeness (QED) is 0.761. The van der Waals surface area contributed by atoms with Gasteiger partial charge in [0, 0.05) is 20.2 Å². The smallest absolute Gasteiger partial charge is 0.253 e. The van der Waals surface area contributed by atoms with E-state index in [-0.39, 0.29) is 5.91 Å². The van der Waals surface area contributed by atoms with Crippen molar-refractivity contribution >= 4 is 16.9 Å². The van der Waals surface area contributed by atoms with Gasteiger partial charge in [-0.05, 0) is 17.7 Å². The minimum Gasteiger partial charge on any atom is -0.367 e. The van der Waals surface area contributed by atoms with E-state index < -0.39 is 6.10 Å². The molecule has 1 aromatic heterocycles. The fourth-order valence-electron chi connectivity index (χ4n) is 2.60. The van der Waals surface area contributed by atoms with Gasteiger partial charge < -0.3 is 14.6 Å². The maximum absolute atomic E-state index is 12.3. The number of fused-ring (bicyclic) bond motifs is 1. The zero-order valence-electron chi connectivity index (χ0n) is 13.0. The molecule has 0 fully saturated rings. The van der Waals surface area contributed by atoms with Crippen LogP contribution in [-0.2, 0) is 16.1 Å². The topological polar surface area (TPSA) is 56.1 Å². The van der Waals surface area contributed by atoms with Crippen molar-refractivity contribution in [2.45, 2.75) is 12.6 Å². The average molecular weight is 309 g/mol. The van der Waals surface area contributed by atoms with Gasteiger partial charge in [-0.25, -0.2) is 4.98 Å². The lowest BCUT2D eigenvalue weighted by atomic mass is 10.1. The lowest BCUT2D eigenvalue weighted by Gasteiger charge is -2.15. The van der Waals surface area contributed by atoms with Gasteiger partial charge in [-0.15, -0.1) is 0 Å². The molecule has 5 nitrogen and oxygen atoms in total. The molecule has 3 rings (SSSR count). The van der Waals surface area contributed by atoms with Gasteiger partial charge in [-0.1, -0.05) is 42.5 Å². The Morgan fingerprint density at radius 2 is 1.91 bits per heavy atom. The highest BCUT2D eigenvalue weighted by Gasteiger charge is 2.19. The van der Waals surface area contributed by atoms with E-state index >= 15 is 0 Å². The molecule has 118 valence electrons. The van der Waals surface area contributed by atoms with E-state index in [0.29, 0.717) is 13.1 Å². The lowest BCUT2D eigenvalue weighted by Crippen LogP contribution is -2.32. The van der Waals surface area contributed by atoms with Gasteiger partial charge in [0.05, 0.1) is 17.4 Å². The van der Waals surface area contributed by atoms with Crippen molar-refractivity contribution in [3.8, 4) is 0 Å². The van der Waals surface area contributed by atoms with Gasteiger partial charge in [0.2, 0.25) is 0 Å². The van der Waals surface area contributed by atoms with Gasteiger partial charge >= 0.3 is 0 Å². The number of imidazole rings is 1. The molecule has 0 bridgehead atoms. The Kier molecular flexibility index (Phi) is 4.68. The summed E-state index contributed by atoms with van der Waals surface area (Å²) in [6, 6.07) is 17.4. The number of aromatic nitrogens is 2. The summed E-state index contributed by atoms with van der Waals surface area (Å²) in [6.07, 6.45) is 1.21. The minimum absolute atomic E-state index is 0.136. The van der Waals surface area contributed by atoms with Gasteiger partial charge in [0.1, 0.15) is 0 Å². The first-order valence-corrected chi connectivity index (χ1v) is 7.55. The molecule has 23 heavy (non-hydrogen) atoms. The van der Waals surface area contributed by atoms with Crippen LogP contribution in [0.15, 0.2) is 60.9 Å². The molecule has 0 aliphatic rings. The van der Waals surface area contributed by atoms with E-state index in [4.69, 9.17) is 4.74 Å². The Balaban J connectivity index is 1.60. The van der Waals surface area contributed by atoms with Crippen LogP contribution in [0, 0.1) is 0 Å². The summed E-state index contributed by atoms with van der Waals surface area (Å²) in [5.74, 6) is -0.136. The van der Waals surface area contributed by atoms with Crippen LogP contribution in [0.3, 0.4) is 0 Å². The molecule has 0 radical (unpaired) electrons. The second-order valence-corrected chi connectivity index (χ2v) is 5.24. The van der Waals surface area contributed by atoms with Crippen LogP contribution in [-0.4, -0.2) is 29.1 Å². The van der Waals surface area contributed by atoms with Crippen molar-refractivity contribution in [3.63, 3.8) is 0 Å². The summed E-state index contributed by atoms with van der Waals surface area (Å²) < 4.78 is 7.35. The summed E-state index contributed by atoms with van der Waals surface area (Å²) in [6.45, 7) is 1.18. The third kappa shape index (κ3) is 3.40. The number of hydrogen-bond acceptors (Lipinski definition) is 3. The standard InChI is InChI=1S/C18H19N3O2/c1-23-17(14-7-3-2-4-8-14)18(22)19-11-12-21-13-20-15-9-5-6-10-16(15)21/h2-10,13,17H,11-12H2,1H3,(H,19,22). The number of nitrogens with zero attached hydrogens (tertiary/aromatic N) is 2. The Hall–Kier alpha value is -2.66. The van der Waals surface area contributed by atoms with Crippen LogP contribution < -0.4 is 5.32 Å². The minimum atomic E-state index is -0.587. The maximum atomic E-state index is 12.3. The number of methoxy groups -OCH3 is 1. The van der Waals surface area contributed by atoms with Gasteiger partial charge in [0.25, 0.3) is 5.91 Å². The number of carbonyl (C=O) groups excluding carboxylic acids is 1. The summed E-state index contributed by atoms with van der Waals surface area (Å²) in [4.78, 5) is 16.6. The number of benzene rings is 2. The Bertz CT molecular complexity index is 783. The molecule has 0 aliphatic heterocycles. The third-order valence-corrected chi connectivity index (χ3v) is 3.76. The van der Waals surface area contributed by atoms with Crippen LogP contribution in [0.25, 0.3) is 11.0 Å². The van der Waals surface area contributed by atoms with Gasteiger partial charge in [-0.3, -0.25) is 4.79 Å². The lowest BCUT2D eigenvalue weighted by molar-refractivity contribution is -0.131. The van der Waals surface area contributed by atoms with Gasteiger partial charge in [-0.2, -0.15) is 0 Å². The van der Waals surface area contributed by atoms with E-state index in [0.717, 1.165) is 16.6 Å². The number of ether oxygens (including phenoxy) is 1. The predicted molar refractivity (Wildman–Crippen MR) is 88.9 cm³/mol. The molecule has 1 atom stereocenters. The number of hydrogen-bond donors (Lipinski definition) is 1. The van der Waals surface area contributed by atoms with E-state index in [9.17, 15) is 4.79 Å². The Morgan fingerprint density at radius 1 is 1.17 bits per heavy atom. The predicted octanol–water partition coefficient (Wildman–Crippen LogP) is 2.54. The van der Waals surface area contributed by atoms with E-state index in [1.807, 2.05) is 59.2 Å². The molecular weight excluding hydrogens is 290 g/mol. The SMILES string of the molecule is COC(C(=O)NCCn1cnc2ccccc21)c1ccccc1. The number of carbonyl (C=O) groups is 1. The second-order valence-electron chi connectivity index (χ2n) is 5.24. The maximum Gasteiger partial charge on any atom is 0.253 e. The summed E-state index contributed by atoms with van der Waals surface area (Å²) >= 11 is 0. The molecule has 3 aromatic rings. The highest BCUT2D eigenvalue weighted by atomic mass is 16.5. The molecule has 1 amide bonds. The zero-order chi connectivity index (χ0) is 16.1. The average Bonchev–Trinajstić information content (AvgIpc) is 3.00. The van der Waals surface area contributed by atoms with E-state index in [1.165, 1.54) is 0 Å². The van der Waals surface area contributed by atoms with E-state index in [1.54, 1.807) is 13.4 Å². The highest BCUT2D eigenvalue weighted by molar-refractivity contribution is 5.82. The van der Waals surface area contributed by atoms with Crippen molar-refractivity contribution < 1.29 is 9.53 Å². The van der Waals surface area contributed by atoms with Crippen molar-refractivity contribution in [1.82, 2.24) is 14.9 Å². The Morgan fingerprint density at radius 3 is 2.70 bits per heavy atom. The highest BCUT2D eigenvalue weighted by Crippen LogP contribution is 2.16. The molecule has 0 aliphatic carbocycles. The second kappa shape index (κ2) is 7.07. The first-order chi connectivity index (χ1) is 11.3. The molecule has 0 saturated heterocycles. The fourth-order valence-corrected chi connectivity index (χ4v) is 2.60. The Labute approximate surface area is 134 Å². The molecule has 0 spiro atoms. The first kappa shape index (κ1) is 15.2. The third-order valence-electron chi connectivity index (χ3n) is 3.76. The zero-order valence-corrected chi connectivity index (χ0v) is 13.0. The number of rotatable bonds is 6. The van der Waals surface area contributed by atoms with Crippen LogP contribution in [0.5, 0.6) is 0 Å². The normalized spacial score (nSPS) is 12.2. The first-order valence-electron chi connectivity index (χ1n) is 7.55. The van der Waals surface area contributed by atoms with Crippen molar-refractivity contribution in [1.29, 1.82) is 0 Å². The van der Waals surface area contributed by atoms with Crippen molar-refractivity contribution in [3.05, 3.63) is 66.5 Å². The fraction of sp³-hybridized carbons (Fsp3) is 0.222.